The van der Waals surface area contributed by atoms with Gasteiger partial charge in [-0.05, 0) is 53.1 Å². The first-order chi connectivity index (χ1) is 15.2. The minimum Gasteiger partial charge on any atom is -0.368 e. The van der Waals surface area contributed by atoms with Crippen LogP contribution in [0.5, 0.6) is 0 Å². The molecule has 0 aliphatic carbocycles. The zero-order valence-corrected chi connectivity index (χ0v) is 20.1. The average molecular weight is 462 g/mol. The Morgan fingerprint density at radius 2 is 1.48 bits per heavy atom. The van der Waals surface area contributed by atoms with Crippen molar-refractivity contribution in [1.29, 1.82) is 0 Å². The third kappa shape index (κ3) is 6.65. The highest BCUT2D eigenvalue weighted by molar-refractivity contribution is 5.89. The van der Waals surface area contributed by atoms with E-state index in [9.17, 15) is 18.0 Å². The van der Waals surface area contributed by atoms with E-state index in [1.165, 1.54) is 17.7 Å². The van der Waals surface area contributed by atoms with Crippen LogP contribution in [0.2, 0.25) is 0 Å². The van der Waals surface area contributed by atoms with E-state index in [0.29, 0.717) is 26.2 Å². The lowest BCUT2D eigenvalue weighted by molar-refractivity contribution is -0.137. The monoisotopic (exact) mass is 461 g/mol. The molecule has 3 rings (SSSR count). The zero-order valence-electron chi connectivity index (χ0n) is 20.1. The topological polar surface area (TPSA) is 35.6 Å². The van der Waals surface area contributed by atoms with Crippen molar-refractivity contribution in [1.82, 2.24) is 4.90 Å². The van der Waals surface area contributed by atoms with Gasteiger partial charge in [-0.15, -0.1) is 0 Å². The second-order valence-corrected chi connectivity index (χ2v) is 10.7. The van der Waals surface area contributed by atoms with E-state index in [0.717, 1.165) is 24.2 Å². The van der Waals surface area contributed by atoms with Crippen LogP contribution in [0, 0.1) is 5.41 Å². The summed E-state index contributed by atoms with van der Waals surface area (Å²) in [4.78, 5) is 16.4. The quantitative estimate of drug-likeness (QED) is 0.545. The van der Waals surface area contributed by atoms with E-state index in [-0.39, 0.29) is 22.5 Å². The van der Waals surface area contributed by atoms with E-state index in [4.69, 9.17) is 0 Å². The predicted molar refractivity (Wildman–Crippen MR) is 128 cm³/mol. The van der Waals surface area contributed by atoms with Crippen molar-refractivity contribution >= 4 is 17.4 Å². The van der Waals surface area contributed by atoms with Gasteiger partial charge in [-0.25, -0.2) is 4.79 Å². The van der Waals surface area contributed by atoms with E-state index in [1.54, 1.807) is 4.90 Å². The molecule has 180 valence electrons. The SMILES string of the molecule is CC(C)(C)CC(C)(C)c1ccc(N2CCN(C(=O)Nc3cccc(C(F)(F)F)c3)CC2)cc1. The van der Waals surface area contributed by atoms with E-state index in [1.807, 2.05) is 0 Å². The molecule has 2 aromatic carbocycles. The normalized spacial score (nSPS) is 15.5. The third-order valence-electron chi connectivity index (χ3n) is 5.99. The highest BCUT2D eigenvalue weighted by Gasteiger charge is 2.31. The van der Waals surface area contributed by atoms with Gasteiger partial charge in [0.05, 0.1) is 5.56 Å². The highest BCUT2D eigenvalue weighted by Crippen LogP contribution is 2.37. The molecule has 7 heteroatoms. The van der Waals surface area contributed by atoms with Crippen LogP contribution in [-0.4, -0.2) is 37.1 Å². The first-order valence-electron chi connectivity index (χ1n) is 11.3. The van der Waals surface area contributed by atoms with E-state index >= 15 is 0 Å². The molecule has 1 aliphatic heterocycles. The maximum Gasteiger partial charge on any atom is 0.416 e. The van der Waals surface area contributed by atoms with Crippen LogP contribution in [-0.2, 0) is 11.6 Å². The van der Waals surface area contributed by atoms with Crippen molar-refractivity contribution in [2.24, 2.45) is 5.41 Å². The maximum atomic E-state index is 12.9. The highest BCUT2D eigenvalue weighted by atomic mass is 19.4. The zero-order chi connectivity index (χ0) is 24.4. The lowest BCUT2D eigenvalue weighted by Crippen LogP contribution is -2.50. The number of carbonyl (C=O) groups excluding carboxylic acids is 1. The van der Waals surface area contributed by atoms with Gasteiger partial charge >= 0.3 is 12.2 Å². The lowest BCUT2D eigenvalue weighted by atomic mass is 9.72. The molecule has 4 nitrogen and oxygen atoms in total. The number of urea groups is 1. The van der Waals surface area contributed by atoms with E-state index in [2.05, 4.69) is 69.1 Å². The Morgan fingerprint density at radius 3 is 2.03 bits per heavy atom. The van der Waals surface area contributed by atoms with Crippen LogP contribution in [0.4, 0.5) is 29.3 Å². The van der Waals surface area contributed by atoms with Gasteiger partial charge in [-0.1, -0.05) is 52.8 Å². The van der Waals surface area contributed by atoms with Gasteiger partial charge < -0.3 is 15.1 Å². The minimum absolute atomic E-state index is 0.0803. The second-order valence-electron chi connectivity index (χ2n) is 10.7. The van der Waals surface area contributed by atoms with Crippen LogP contribution in [0.1, 0.15) is 52.2 Å². The Bertz CT molecular complexity index is 954. The fraction of sp³-hybridized carbons (Fsp3) is 0.500. The molecule has 0 saturated carbocycles. The molecule has 1 saturated heterocycles. The number of hydrogen-bond donors (Lipinski definition) is 1. The van der Waals surface area contributed by atoms with Crippen molar-refractivity contribution in [3.8, 4) is 0 Å². The molecule has 0 bridgehead atoms. The largest absolute Gasteiger partial charge is 0.416 e. The molecule has 1 heterocycles. The van der Waals surface area contributed by atoms with Gasteiger partial charge in [0.2, 0.25) is 0 Å². The first kappa shape index (κ1) is 24.9. The molecule has 2 amide bonds. The molecule has 33 heavy (non-hydrogen) atoms. The number of nitrogens with one attached hydrogen (secondary N) is 1. The Kier molecular flexibility index (Phi) is 7.01. The maximum absolute atomic E-state index is 12.9. The number of hydrogen-bond acceptors (Lipinski definition) is 2. The number of rotatable bonds is 4. The average Bonchev–Trinajstić information content (AvgIpc) is 2.72. The lowest BCUT2D eigenvalue weighted by Gasteiger charge is -2.37. The van der Waals surface area contributed by atoms with Crippen molar-refractivity contribution in [3.63, 3.8) is 0 Å². The molecule has 0 atom stereocenters. The van der Waals surface area contributed by atoms with Gasteiger partial charge in [0, 0.05) is 37.6 Å². The molecule has 0 spiro atoms. The molecule has 0 unspecified atom stereocenters. The summed E-state index contributed by atoms with van der Waals surface area (Å²) in [5, 5.41) is 2.59. The predicted octanol–water partition coefficient (Wildman–Crippen LogP) is 6.77. The Labute approximate surface area is 194 Å². The number of halogens is 3. The minimum atomic E-state index is -4.44. The summed E-state index contributed by atoms with van der Waals surface area (Å²) in [6.07, 6.45) is -3.36. The number of benzene rings is 2. The number of anilines is 2. The van der Waals surface area contributed by atoms with Gasteiger partial charge in [-0.2, -0.15) is 13.2 Å². The summed E-state index contributed by atoms with van der Waals surface area (Å²) in [6, 6.07) is 13.0. The fourth-order valence-electron chi connectivity index (χ4n) is 4.69. The van der Waals surface area contributed by atoms with Crippen molar-refractivity contribution in [2.75, 3.05) is 36.4 Å². The van der Waals surface area contributed by atoms with Gasteiger partial charge in [0.25, 0.3) is 0 Å². The van der Waals surface area contributed by atoms with Crippen LogP contribution in [0.3, 0.4) is 0 Å². The van der Waals surface area contributed by atoms with Gasteiger partial charge in [0.1, 0.15) is 0 Å². The fourth-order valence-corrected chi connectivity index (χ4v) is 4.69. The van der Waals surface area contributed by atoms with Crippen molar-refractivity contribution < 1.29 is 18.0 Å². The molecular weight excluding hydrogens is 427 g/mol. The van der Waals surface area contributed by atoms with Crippen LogP contribution in [0.25, 0.3) is 0 Å². The van der Waals surface area contributed by atoms with Crippen molar-refractivity contribution in [2.45, 2.75) is 52.6 Å². The second kappa shape index (κ2) is 9.27. The summed E-state index contributed by atoms with van der Waals surface area (Å²) < 4.78 is 38.7. The smallest absolute Gasteiger partial charge is 0.368 e. The first-order valence-corrected chi connectivity index (χ1v) is 11.3. The number of nitrogens with zero attached hydrogens (tertiary/aromatic N) is 2. The Morgan fingerprint density at radius 1 is 0.879 bits per heavy atom. The van der Waals surface area contributed by atoms with Crippen LogP contribution in [0.15, 0.2) is 48.5 Å². The van der Waals surface area contributed by atoms with Crippen LogP contribution < -0.4 is 10.2 Å². The number of piperazine rings is 1. The van der Waals surface area contributed by atoms with Crippen LogP contribution >= 0.6 is 0 Å². The van der Waals surface area contributed by atoms with Gasteiger partial charge in [0.15, 0.2) is 0 Å². The van der Waals surface area contributed by atoms with E-state index < -0.39 is 11.7 Å². The number of alkyl halides is 3. The molecular formula is C26H34F3N3O. The number of amides is 2. The van der Waals surface area contributed by atoms with Crippen molar-refractivity contribution in [3.05, 3.63) is 59.7 Å². The van der Waals surface area contributed by atoms with Gasteiger partial charge in [-0.3, -0.25) is 0 Å². The summed E-state index contributed by atoms with van der Waals surface area (Å²) in [7, 11) is 0. The summed E-state index contributed by atoms with van der Waals surface area (Å²) >= 11 is 0. The third-order valence-corrected chi connectivity index (χ3v) is 5.99. The molecule has 1 N–H and O–H groups in total. The molecule has 1 fully saturated rings. The number of carbonyl (C=O) groups is 1. The summed E-state index contributed by atoms with van der Waals surface area (Å²) in [5.74, 6) is 0. The Balaban J connectivity index is 1.57. The molecule has 1 aliphatic rings. The standard InChI is InChI=1S/C26H34F3N3O/c1-24(2,3)18-25(4,5)19-9-11-22(12-10-19)31-13-15-32(16-14-31)23(33)30-21-8-6-7-20(17-21)26(27,28)29/h6-12,17H,13-16,18H2,1-5H3,(H,30,33). The summed E-state index contributed by atoms with van der Waals surface area (Å²) in [6.45, 7) is 13.7. The molecule has 0 radical (unpaired) electrons. The Hall–Kier alpha value is -2.70. The molecule has 0 aromatic heterocycles. The molecule has 2 aromatic rings. The summed E-state index contributed by atoms with van der Waals surface area (Å²) in [5.41, 5.74) is 2.11.